The Kier molecular flexibility index (Phi) is 5.36. The Bertz CT molecular complexity index is 990. The van der Waals surface area contributed by atoms with Crippen LogP contribution in [0.2, 0.25) is 0 Å². The lowest BCUT2D eigenvalue weighted by atomic mass is 9.86. The molecule has 0 N–H and O–H groups in total. The number of nitrogens with zero attached hydrogens (tertiary/aromatic N) is 4. The second kappa shape index (κ2) is 8.30. The Balaban J connectivity index is 1.45. The third-order valence-corrected chi connectivity index (χ3v) is 6.46. The number of carbonyl (C=O) groups is 1. The van der Waals surface area contributed by atoms with Gasteiger partial charge in [0.2, 0.25) is 0 Å². The van der Waals surface area contributed by atoms with Gasteiger partial charge in [-0.3, -0.25) is 0 Å². The third-order valence-electron chi connectivity index (χ3n) is 6.46. The number of hydrazone groups is 1. The van der Waals surface area contributed by atoms with Gasteiger partial charge >= 0.3 is 6.03 Å². The Labute approximate surface area is 181 Å². The van der Waals surface area contributed by atoms with Crippen molar-refractivity contribution in [3.63, 3.8) is 0 Å². The molecule has 3 aliphatic heterocycles. The molecule has 0 aromatic heterocycles. The predicted octanol–water partition coefficient (Wildman–Crippen LogP) is 3.74. The van der Waals surface area contributed by atoms with Crippen LogP contribution in [-0.4, -0.2) is 66.4 Å². The molecule has 0 spiro atoms. The Hall–Kier alpha value is -2.93. The standard InChI is InChI=1S/C24H27FN4O2/c1-27(13-14-28-11-5-6-12-28)24(30)29-23(17-7-3-2-4-8-17)20-16-31-21-10-9-18(25)15-19(21)22(20)26-29/h2-4,7-10,15,20,23H,5-6,11-14,16H2,1H3/t20-,23+/m0/s1. The Morgan fingerprint density at radius 3 is 2.74 bits per heavy atom. The molecule has 7 heteroatoms. The van der Waals surface area contributed by atoms with Gasteiger partial charge in [0.15, 0.2) is 0 Å². The summed E-state index contributed by atoms with van der Waals surface area (Å²) in [6, 6.07) is 13.9. The van der Waals surface area contributed by atoms with Crippen LogP contribution in [0, 0.1) is 11.7 Å². The van der Waals surface area contributed by atoms with E-state index in [1.54, 1.807) is 16.0 Å². The third kappa shape index (κ3) is 3.78. The molecule has 3 heterocycles. The summed E-state index contributed by atoms with van der Waals surface area (Å²) < 4.78 is 19.9. The molecule has 0 saturated carbocycles. The van der Waals surface area contributed by atoms with E-state index < -0.39 is 0 Å². The summed E-state index contributed by atoms with van der Waals surface area (Å²) >= 11 is 0. The predicted molar refractivity (Wildman–Crippen MR) is 117 cm³/mol. The largest absolute Gasteiger partial charge is 0.492 e. The number of benzene rings is 2. The maximum Gasteiger partial charge on any atom is 0.340 e. The molecule has 1 saturated heterocycles. The van der Waals surface area contributed by atoms with Gasteiger partial charge in [-0.15, -0.1) is 0 Å². The topological polar surface area (TPSA) is 48.4 Å². The van der Waals surface area contributed by atoms with Crippen molar-refractivity contribution in [1.82, 2.24) is 14.8 Å². The number of fused-ring (bicyclic) bond motifs is 3. The quantitative estimate of drug-likeness (QED) is 0.754. The molecule has 3 aliphatic rings. The molecule has 0 unspecified atom stereocenters. The molecule has 2 aromatic rings. The molecule has 1 fully saturated rings. The van der Waals surface area contributed by atoms with Gasteiger partial charge in [-0.2, -0.15) is 5.10 Å². The zero-order valence-corrected chi connectivity index (χ0v) is 17.7. The average Bonchev–Trinajstić information content (AvgIpc) is 3.45. The average molecular weight is 423 g/mol. The van der Waals surface area contributed by atoms with Crippen molar-refractivity contribution in [3.05, 3.63) is 65.5 Å². The van der Waals surface area contributed by atoms with Crippen LogP contribution >= 0.6 is 0 Å². The zero-order chi connectivity index (χ0) is 21.4. The van der Waals surface area contributed by atoms with Gasteiger partial charge < -0.3 is 14.5 Å². The van der Waals surface area contributed by atoms with Crippen molar-refractivity contribution in [3.8, 4) is 5.75 Å². The van der Waals surface area contributed by atoms with Gasteiger partial charge in [-0.1, -0.05) is 30.3 Å². The van der Waals surface area contributed by atoms with Gasteiger partial charge in [-0.25, -0.2) is 14.2 Å². The monoisotopic (exact) mass is 422 g/mol. The van der Waals surface area contributed by atoms with E-state index in [1.165, 1.54) is 25.0 Å². The summed E-state index contributed by atoms with van der Waals surface area (Å²) in [5, 5.41) is 6.32. The Morgan fingerprint density at radius 1 is 1.19 bits per heavy atom. The first kappa shape index (κ1) is 20.0. The van der Waals surface area contributed by atoms with Crippen molar-refractivity contribution < 1.29 is 13.9 Å². The molecule has 6 nitrogen and oxygen atoms in total. The van der Waals surface area contributed by atoms with E-state index in [-0.39, 0.29) is 23.8 Å². The van der Waals surface area contributed by atoms with Gasteiger partial charge in [-0.05, 0) is 49.7 Å². The van der Waals surface area contributed by atoms with E-state index in [2.05, 4.69) is 4.90 Å². The van der Waals surface area contributed by atoms with Gasteiger partial charge in [0.05, 0.1) is 24.3 Å². The van der Waals surface area contributed by atoms with E-state index in [1.807, 2.05) is 37.4 Å². The van der Waals surface area contributed by atoms with Crippen molar-refractivity contribution in [1.29, 1.82) is 0 Å². The van der Waals surface area contributed by atoms with Crippen LogP contribution in [0.1, 0.15) is 30.0 Å². The highest BCUT2D eigenvalue weighted by Crippen LogP contribution is 2.42. The van der Waals surface area contributed by atoms with E-state index in [0.29, 0.717) is 24.5 Å². The summed E-state index contributed by atoms with van der Waals surface area (Å²) in [7, 11) is 1.83. The first-order valence-electron chi connectivity index (χ1n) is 10.9. The second-order valence-corrected chi connectivity index (χ2v) is 8.50. The lowest BCUT2D eigenvalue weighted by molar-refractivity contribution is 0.130. The van der Waals surface area contributed by atoms with E-state index in [9.17, 15) is 9.18 Å². The fourth-order valence-corrected chi connectivity index (χ4v) is 4.76. The molecule has 0 bridgehead atoms. The molecule has 2 atom stereocenters. The summed E-state index contributed by atoms with van der Waals surface area (Å²) in [5.74, 6) is 0.127. The second-order valence-electron chi connectivity index (χ2n) is 8.50. The molecule has 0 radical (unpaired) electrons. The van der Waals surface area contributed by atoms with Gasteiger partial charge in [0.25, 0.3) is 0 Å². The summed E-state index contributed by atoms with van der Waals surface area (Å²) in [4.78, 5) is 17.6. The van der Waals surface area contributed by atoms with E-state index in [4.69, 9.17) is 9.84 Å². The lowest BCUT2D eigenvalue weighted by Crippen LogP contribution is -2.43. The number of rotatable bonds is 4. The van der Waals surface area contributed by atoms with Crippen molar-refractivity contribution in [2.45, 2.75) is 18.9 Å². The number of hydrogen-bond acceptors (Lipinski definition) is 4. The molecule has 162 valence electrons. The molecular formula is C24H27FN4O2. The molecule has 0 aliphatic carbocycles. The number of carbonyl (C=O) groups excluding carboxylic acids is 1. The van der Waals surface area contributed by atoms with Crippen LogP contribution in [0.4, 0.5) is 9.18 Å². The van der Waals surface area contributed by atoms with Gasteiger partial charge in [0, 0.05) is 25.7 Å². The number of hydrogen-bond donors (Lipinski definition) is 0. The highest BCUT2D eigenvalue weighted by molar-refractivity contribution is 6.07. The fraction of sp³-hybridized carbons (Fsp3) is 0.417. The number of halogens is 1. The minimum Gasteiger partial charge on any atom is -0.492 e. The molecular weight excluding hydrogens is 395 g/mol. The first-order chi connectivity index (χ1) is 15.1. The maximum atomic E-state index is 14.0. The van der Waals surface area contributed by atoms with Crippen LogP contribution in [0.15, 0.2) is 53.6 Å². The SMILES string of the molecule is CN(CCN1CCCC1)C(=O)N1N=C2c3cc(F)ccc3OC[C@@H]2[C@H]1c1ccccc1. The summed E-state index contributed by atoms with van der Waals surface area (Å²) in [6.07, 6.45) is 2.45. The van der Waals surface area contributed by atoms with Crippen LogP contribution in [-0.2, 0) is 0 Å². The van der Waals surface area contributed by atoms with Crippen molar-refractivity contribution >= 4 is 11.7 Å². The molecule has 2 aromatic carbocycles. The molecule has 2 amide bonds. The lowest BCUT2D eigenvalue weighted by Gasteiger charge is -2.32. The van der Waals surface area contributed by atoms with Crippen LogP contribution < -0.4 is 4.74 Å². The highest BCUT2D eigenvalue weighted by Gasteiger charge is 2.45. The Morgan fingerprint density at radius 2 is 1.97 bits per heavy atom. The molecule has 5 rings (SSSR count). The number of likely N-dealkylation sites (N-methyl/N-ethyl adjacent to an activating group) is 1. The smallest absolute Gasteiger partial charge is 0.340 e. The maximum absolute atomic E-state index is 14.0. The number of urea groups is 1. The fourth-order valence-electron chi connectivity index (χ4n) is 4.76. The number of ether oxygens (including phenoxy) is 1. The summed E-state index contributed by atoms with van der Waals surface area (Å²) in [6.45, 7) is 4.11. The van der Waals surface area contributed by atoms with Crippen molar-refractivity contribution in [2.75, 3.05) is 39.8 Å². The molecule has 31 heavy (non-hydrogen) atoms. The van der Waals surface area contributed by atoms with Gasteiger partial charge in [0.1, 0.15) is 11.6 Å². The summed E-state index contributed by atoms with van der Waals surface area (Å²) in [5.41, 5.74) is 2.35. The normalized spacial score (nSPS) is 22.5. The van der Waals surface area contributed by atoms with E-state index in [0.717, 1.165) is 30.9 Å². The van der Waals surface area contributed by atoms with Crippen LogP contribution in [0.25, 0.3) is 0 Å². The first-order valence-corrected chi connectivity index (χ1v) is 10.9. The van der Waals surface area contributed by atoms with E-state index >= 15 is 0 Å². The van der Waals surface area contributed by atoms with Crippen molar-refractivity contribution in [2.24, 2.45) is 11.0 Å². The highest BCUT2D eigenvalue weighted by atomic mass is 19.1. The number of amides is 2. The zero-order valence-electron chi connectivity index (χ0n) is 17.7. The van der Waals surface area contributed by atoms with Crippen LogP contribution in [0.3, 0.4) is 0 Å². The number of likely N-dealkylation sites (tertiary alicyclic amines) is 1. The minimum atomic E-state index is -0.338. The van der Waals surface area contributed by atoms with Crippen LogP contribution in [0.5, 0.6) is 5.75 Å². The minimum absolute atomic E-state index is 0.145.